The lowest BCUT2D eigenvalue weighted by molar-refractivity contribution is -0.140. The Morgan fingerprint density at radius 1 is 1.12 bits per heavy atom. The number of hydrogen-bond acceptors (Lipinski definition) is 6. The van der Waals surface area contributed by atoms with Crippen molar-refractivity contribution in [2.24, 2.45) is 0 Å². The van der Waals surface area contributed by atoms with Crippen molar-refractivity contribution in [2.45, 2.75) is 13.0 Å². The summed E-state index contributed by atoms with van der Waals surface area (Å²) in [5.74, 6) is -1.56. The largest absolute Gasteiger partial charge is 0.505 e. The number of imidazole rings is 1. The van der Waals surface area contributed by atoms with Gasteiger partial charge in [-0.3, -0.25) is 18.9 Å². The number of hydrogen-bond donors (Lipinski definition) is 1. The maximum Gasteiger partial charge on any atom is 0.295 e. The van der Waals surface area contributed by atoms with Gasteiger partial charge in [0.1, 0.15) is 11.3 Å². The second-order valence-electron chi connectivity index (χ2n) is 8.47. The van der Waals surface area contributed by atoms with E-state index >= 15 is 0 Å². The molecule has 2 aliphatic heterocycles. The van der Waals surface area contributed by atoms with Crippen molar-refractivity contribution in [1.29, 1.82) is 0 Å². The number of halogens is 1. The summed E-state index contributed by atoms with van der Waals surface area (Å²) >= 11 is 6.10. The van der Waals surface area contributed by atoms with Gasteiger partial charge in [-0.1, -0.05) is 29.8 Å². The number of carbonyl (C=O) groups is 2. The highest BCUT2D eigenvalue weighted by Crippen LogP contribution is 2.40. The van der Waals surface area contributed by atoms with Gasteiger partial charge in [0.2, 0.25) is 0 Å². The summed E-state index contributed by atoms with van der Waals surface area (Å²) in [4.78, 5) is 34.8. The van der Waals surface area contributed by atoms with E-state index in [2.05, 4.69) is 9.88 Å². The van der Waals surface area contributed by atoms with Gasteiger partial charge in [-0.05, 0) is 36.8 Å². The monoisotopic (exact) mass is 480 g/mol. The van der Waals surface area contributed by atoms with Gasteiger partial charge in [-0.25, -0.2) is 4.98 Å². The predicted molar refractivity (Wildman–Crippen MR) is 128 cm³/mol. The van der Waals surface area contributed by atoms with Crippen LogP contribution in [-0.2, 0) is 14.3 Å². The molecule has 0 bridgehead atoms. The smallest absolute Gasteiger partial charge is 0.295 e. The topological polar surface area (TPSA) is 87.4 Å². The molecule has 1 unspecified atom stereocenters. The first-order valence-electron chi connectivity index (χ1n) is 11.2. The summed E-state index contributed by atoms with van der Waals surface area (Å²) in [7, 11) is 0. The third kappa shape index (κ3) is 3.98. The third-order valence-corrected chi connectivity index (χ3v) is 6.67. The average molecular weight is 481 g/mol. The number of pyridine rings is 1. The number of benzene rings is 1. The molecular weight excluding hydrogens is 456 g/mol. The van der Waals surface area contributed by atoms with E-state index in [-0.39, 0.29) is 11.3 Å². The van der Waals surface area contributed by atoms with Crippen LogP contribution in [0, 0.1) is 6.92 Å². The Kier molecular flexibility index (Phi) is 6.12. The number of aliphatic hydroxyl groups is 1. The molecule has 0 aliphatic carbocycles. The molecule has 2 saturated heterocycles. The minimum Gasteiger partial charge on any atom is -0.505 e. The molecule has 3 aromatic rings. The van der Waals surface area contributed by atoms with Gasteiger partial charge >= 0.3 is 0 Å². The molecule has 1 aromatic carbocycles. The van der Waals surface area contributed by atoms with Crippen LogP contribution in [0.2, 0.25) is 5.02 Å². The van der Waals surface area contributed by atoms with Crippen LogP contribution in [0.15, 0.2) is 54.2 Å². The van der Waals surface area contributed by atoms with Gasteiger partial charge in [0.05, 0.1) is 30.5 Å². The maximum absolute atomic E-state index is 13.3. The standard InChI is InChI=1S/C25H25ClN4O4/c1-16-21(29-9-3-2-4-19(29)27-16)23(31)20-22(17-5-7-18(26)8-6-17)30(25(33)24(20)32)11-10-28-12-14-34-15-13-28/h2-9,22,31H,10-15H2,1H3/b23-20-. The third-order valence-electron chi connectivity index (χ3n) is 6.42. The number of aryl methyl sites for hydroxylation is 1. The fourth-order valence-corrected chi connectivity index (χ4v) is 4.83. The average Bonchev–Trinajstić information content (AvgIpc) is 3.31. The van der Waals surface area contributed by atoms with E-state index in [0.717, 1.165) is 13.1 Å². The summed E-state index contributed by atoms with van der Waals surface area (Å²) in [5.41, 5.74) is 2.38. The highest BCUT2D eigenvalue weighted by Gasteiger charge is 2.46. The number of aliphatic hydroxyl groups excluding tert-OH is 1. The van der Waals surface area contributed by atoms with E-state index in [9.17, 15) is 14.7 Å². The van der Waals surface area contributed by atoms with Crippen molar-refractivity contribution >= 4 is 34.7 Å². The number of nitrogens with zero attached hydrogens (tertiary/aromatic N) is 4. The Bertz CT molecular complexity index is 1280. The predicted octanol–water partition coefficient (Wildman–Crippen LogP) is 3.05. The highest BCUT2D eigenvalue weighted by atomic mass is 35.5. The van der Waals surface area contributed by atoms with Crippen molar-refractivity contribution in [1.82, 2.24) is 19.2 Å². The van der Waals surface area contributed by atoms with Gasteiger partial charge < -0.3 is 14.7 Å². The van der Waals surface area contributed by atoms with E-state index in [1.165, 1.54) is 0 Å². The number of ketones is 1. The van der Waals surface area contributed by atoms with Crippen LogP contribution < -0.4 is 0 Å². The second kappa shape index (κ2) is 9.21. The Hall–Kier alpha value is -3.20. The van der Waals surface area contributed by atoms with Gasteiger partial charge in [-0.2, -0.15) is 0 Å². The molecule has 8 nitrogen and oxygen atoms in total. The van der Waals surface area contributed by atoms with Crippen molar-refractivity contribution in [3.63, 3.8) is 0 Å². The van der Waals surface area contributed by atoms with E-state index in [4.69, 9.17) is 16.3 Å². The lowest BCUT2D eigenvalue weighted by atomic mass is 9.96. The van der Waals surface area contributed by atoms with Crippen LogP contribution >= 0.6 is 11.6 Å². The Morgan fingerprint density at radius 3 is 2.59 bits per heavy atom. The number of carbonyl (C=O) groups excluding carboxylic acids is 2. The molecule has 0 radical (unpaired) electrons. The molecule has 1 atom stereocenters. The van der Waals surface area contributed by atoms with Crippen LogP contribution in [0.5, 0.6) is 0 Å². The lowest BCUT2D eigenvalue weighted by Gasteiger charge is -2.31. The number of aromatic nitrogens is 2. The van der Waals surface area contributed by atoms with Crippen LogP contribution in [0.3, 0.4) is 0 Å². The minimum absolute atomic E-state index is 0.0584. The molecule has 34 heavy (non-hydrogen) atoms. The first-order chi connectivity index (χ1) is 16.5. The zero-order chi connectivity index (χ0) is 23.8. The van der Waals surface area contributed by atoms with E-state index < -0.39 is 17.7 Å². The first kappa shape index (κ1) is 22.6. The van der Waals surface area contributed by atoms with Crippen LogP contribution in [0.1, 0.15) is 23.0 Å². The molecule has 9 heteroatoms. The van der Waals surface area contributed by atoms with Gasteiger partial charge in [0, 0.05) is 37.4 Å². The minimum atomic E-state index is -0.730. The molecular formula is C25H25ClN4O4. The zero-order valence-corrected chi connectivity index (χ0v) is 19.5. The molecule has 1 amide bonds. The van der Waals surface area contributed by atoms with Crippen LogP contribution in [0.25, 0.3) is 11.4 Å². The number of amides is 1. The Morgan fingerprint density at radius 2 is 1.85 bits per heavy atom. The highest BCUT2D eigenvalue weighted by molar-refractivity contribution is 6.46. The summed E-state index contributed by atoms with van der Waals surface area (Å²) in [5, 5.41) is 12.0. The number of Topliss-reactive ketones (excluding diaryl/α,β-unsaturated/α-hetero) is 1. The normalized spacial score (nSPS) is 21.0. The van der Waals surface area contributed by atoms with Gasteiger partial charge in [0.25, 0.3) is 11.7 Å². The Labute approximate surface area is 202 Å². The van der Waals surface area contributed by atoms with Crippen LogP contribution in [-0.4, -0.2) is 75.4 Å². The Balaban J connectivity index is 1.60. The summed E-state index contributed by atoms with van der Waals surface area (Å²) < 4.78 is 7.14. The number of fused-ring (bicyclic) bond motifs is 1. The van der Waals surface area contributed by atoms with E-state index in [1.807, 2.05) is 18.2 Å². The number of ether oxygens (including phenoxy) is 1. The van der Waals surface area contributed by atoms with Gasteiger partial charge in [-0.15, -0.1) is 0 Å². The summed E-state index contributed by atoms with van der Waals surface area (Å²) in [6, 6.07) is 11.8. The SMILES string of the molecule is Cc1nc2ccccn2c1/C(O)=C1/C(=O)C(=O)N(CCN2CCOCC2)C1c1ccc(Cl)cc1. The zero-order valence-electron chi connectivity index (χ0n) is 18.8. The number of likely N-dealkylation sites (tertiary alicyclic amines) is 1. The molecule has 2 fully saturated rings. The molecule has 176 valence electrons. The second-order valence-corrected chi connectivity index (χ2v) is 8.91. The van der Waals surface area contributed by atoms with Gasteiger partial charge in [0.15, 0.2) is 5.76 Å². The number of rotatable bonds is 5. The van der Waals surface area contributed by atoms with E-state index in [0.29, 0.717) is 53.9 Å². The quantitative estimate of drug-likeness (QED) is 0.343. The fourth-order valence-electron chi connectivity index (χ4n) is 4.70. The molecule has 2 aromatic heterocycles. The molecule has 4 heterocycles. The van der Waals surface area contributed by atoms with Crippen LogP contribution in [0.4, 0.5) is 0 Å². The number of morpholine rings is 1. The van der Waals surface area contributed by atoms with Crippen molar-refractivity contribution in [3.05, 3.63) is 76.2 Å². The fraction of sp³-hybridized carbons (Fsp3) is 0.320. The summed E-state index contributed by atoms with van der Waals surface area (Å²) in [6.07, 6.45) is 1.77. The molecule has 1 N–H and O–H groups in total. The lowest BCUT2D eigenvalue weighted by Crippen LogP contribution is -2.42. The maximum atomic E-state index is 13.3. The molecule has 0 saturated carbocycles. The molecule has 0 spiro atoms. The van der Waals surface area contributed by atoms with E-state index in [1.54, 1.807) is 46.7 Å². The van der Waals surface area contributed by atoms with Crippen molar-refractivity contribution in [3.8, 4) is 0 Å². The molecule has 5 rings (SSSR count). The van der Waals surface area contributed by atoms with Crippen molar-refractivity contribution in [2.75, 3.05) is 39.4 Å². The molecule has 2 aliphatic rings. The summed E-state index contributed by atoms with van der Waals surface area (Å²) in [6.45, 7) is 5.57. The van der Waals surface area contributed by atoms with Crippen molar-refractivity contribution < 1.29 is 19.4 Å². The first-order valence-corrected chi connectivity index (χ1v) is 11.6.